The van der Waals surface area contributed by atoms with E-state index in [9.17, 15) is 4.79 Å². The number of aromatic nitrogens is 1. The van der Waals surface area contributed by atoms with E-state index in [0.29, 0.717) is 6.54 Å². The summed E-state index contributed by atoms with van der Waals surface area (Å²) in [4.78, 5) is 20.2. The Morgan fingerprint density at radius 3 is 2.85 bits per heavy atom. The quantitative estimate of drug-likeness (QED) is 0.867. The summed E-state index contributed by atoms with van der Waals surface area (Å²) in [6.07, 6.45) is 4.67. The van der Waals surface area contributed by atoms with Gasteiger partial charge in [0.15, 0.2) is 0 Å². The van der Waals surface area contributed by atoms with E-state index in [4.69, 9.17) is 0 Å². The van der Waals surface area contributed by atoms with Crippen LogP contribution in [0.4, 0.5) is 0 Å². The summed E-state index contributed by atoms with van der Waals surface area (Å²) in [6, 6.07) is 0. The Balaban J connectivity index is 1.76. The van der Waals surface area contributed by atoms with Crippen LogP contribution in [0.15, 0.2) is 10.8 Å². The van der Waals surface area contributed by atoms with Crippen molar-refractivity contribution < 1.29 is 4.79 Å². The molecule has 2 aromatic rings. The Hall–Kier alpha value is -1.20. The molecule has 3 rings (SSSR count). The van der Waals surface area contributed by atoms with Gasteiger partial charge in [-0.1, -0.05) is 0 Å². The average Bonchev–Trinajstić information content (AvgIpc) is 3.04. The predicted molar refractivity (Wildman–Crippen MR) is 83.6 cm³/mol. The van der Waals surface area contributed by atoms with Crippen LogP contribution in [0.25, 0.3) is 0 Å². The fraction of sp³-hybridized carbons (Fsp3) is 0.467. The SMILES string of the molecule is Cc1nc(CN(C)C(=O)c2csc3c2CCCC3)cs1. The molecule has 2 aromatic heterocycles. The van der Waals surface area contributed by atoms with E-state index in [-0.39, 0.29) is 5.91 Å². The molecule has 5 heteroatoms. The second-order valence-electron chi connectivity index (χ2n) is 5.28. The third kappa shape index (κ3) is 2.65. The molecule has 0 bridgehead atoms. The highest BCUT2D eigenvalue weighted by Gasteiger charge is 2.22. The Morgan fingerprint density at radius 2 is 2.10 bits per heavy atom. The third-order valence-electron chi connectivity index (χ3n) is 3.70. The van der Waals surface area contributed by atoms with Crippen molar-refractivity contribution in [2.24, 2.45) is 0 Å². The molecule has 0 aliphatic heterocycles. The molecule has 1 amide bonds. The van der Waals surface area contributed by atoms with Crippen LogP contribution in [0, 0.1) is 6.92 Å². The summed E-state index contributed by atoms with van der Waals surface area (Å²) in [5.41, 5.74) is 3.19. The van der Waals surface area contributed by atoms with Crippen molar-refractivity contribution in [1.29, 1.82) is 0 Å². The van der Waals surface area contributed by atoms with Gasteiger partial charge in [0.25, 0.3) is 5.91 Å². The molecule has 0 radical (unpaired) electrons. The van der Waals surface area contributed by atoms with E-state index in [2.05, 4.69) is 4.98 Å². The zero-order valence-electron chi connectivity index (χ0n) is 11.8. The molecule has 3 nitrogen and oxygen atoms in total. The van der Waals surface area contributed by atoms with Gasteiger partial charge in [0, 0.05) is 22.7 Å². The predicted octanol–water partition coefficient (Wildman–Crippen LogP) is 3.66. The molecule has 1 aliphatic carbocycles. The van der Waals surface area contributed by atoms with Crippen molar-refractivity contribution in [1.82, 2.24) is 9.88 Å². The molecule has 20 heavy (non-hydrogen) atoms. The standard InChI is InChI=1S/C15H18N2OS2/c1-10-16-11(8-19-10)7-17(2)15(18)13-9-20-14-6-4-3-5-12(13)14/h8-9H,3-7H2,1-2H3. The molecule has 0 unspecified atom stereocenters. The summed E-state index contributed by atoms with van der Waals surface area (Å²) < 4.78 is 0. The molecular weight excluding hydrogens is 288 g/mol. The maximum atomic E-state index is 12.6. The minimum Gasteiger partial charge on any atom is -0.336 e. The van der Waals surface area contributed by atoms with Crippen molar-refractivity contribution in [2.45, 2.75) is 39.2 Å². The Morgan fingerprint density at radius 1 is 1.30 bits per heavy atom. The summed E-state index contributed by atoms with van der Waals surface area (Å²) in [6.45, 7) is 2.58. The van der Waals surface area contributed by atoms with Crippen LogP contribution in [-0.4, -0.2) is 22.8 Å². The summed E-state index contributed by atoms with van der Waals surface area (Å²) in [5.74, 6) is 0.134. The number of carbonyl (C=O) groups is 1. The molecular formula is C15H18N2OS2. The van der Waals surface area contributed by atoms with Gasteiger partial charge in [-0.05, 0) is 38.2 Å². The lowest BCUT2D eigenvalue weighted by Crippen LogP contribution is -2.27. The second kappa shape index (κ2) is 5.66. The van der Waals surface area contributed by atoms with Crippen LogP contribution in [0.1, 0.15) is 44.3 Å². The molecule has 1 aliphatic rings. The lowest BCUT2D eigenvalue weighted by Gasteiger charge is -2.18. The highest BCUT2D eigenvalue weighted by molar-refractivity contribution is 7.10. The Kier molecular flexibility index (Phi) is 3.89. The van der Waals surface area contributed by atoms with Crippen molar-refractivity contribution in [3.8, 4) is 0 Å². The highest BCUT2D eigenvalue weighted by atomic mass is 32.1. The zero-order chi connectivity index (χ0) is 14.1. The van der Waals surface area contributed by atoms with Crippen molar-refractivity contribution in [2.75, 3.05) is 7.05 Å². The van der Waals surface area contributed by atoms with Crippen LogP contribution in [0.5, 0.6) is 0 Å². The van der Waals surface area contributed by atoms with E-state index < -0.39 is 0 Å². The highest BCUT2D eigenvalue weighted by Crippen LogP contribution is 2.31. The average molecular weight is 306 g/mol. The lowest BCUT2D eigenvalue weighted by atomic mass is 9.95. The van der Waals surface area contributed by atoms with E-state index in [1.165, 1.54) is 23.3 Å². The smallest absolute Gasteiger partial charge is 0.255 e. The van der Waals surface area contributed by atoms with Gasteiger partial charge in [-0.3, -0.25) is 4.79 Å². The summed E-state index contributed by atoms with van der Waals surface area (Å²) in [7, 11) is 1.86. The minimum atomic E-state index is 0.134. The van der Waals surface area contributed by atoms with Gasteiger partial charge in [0.05, 0.1) is 22.8 Å². The first-order valence-electron chi connectivity index (χ1n) is 6.91. The summed E-state index contributed by atoms with van der Waals surface area (Å²) in [5, 5.41) is 5.12. The largest absolute Gasteiger partial charge is 0.336 e. The Labute approximate surface area is 127 Å². The zero-order valence-corrected chi connectivity index (χ0v) is 13.4. The van der Waals surface area contributed by atoms with Crippen LogP contribution >= 0.6 is 22.7 Å². The van der Waals surface area contributed by atoms with Gasteiger partial charge >= 0.3 is 0 Å². The molecule has 0 atom stereocenters. The molecule has 0 N–H and O–H groups in total. The number of thiophene rings is 1. The number of fused-ring (bicyclic) bond motifs is 1. The van der Waals surface area contributed by atoms with E-state index >= 15 is 0 Å². The molecule has 106 valence electrons. The lowest BCUT2D eigenvalue weighted by molar-refractivity contribution is 0.0783. The monoisotopic (exact) mass is 306 g/mol. The van der Waals surface area contributed by atoms with Gasteiger partial charge in [0.2, 0.25) is 0 Å². The van der Waals surface area contributed by atoms with E-state index in [1.807, 2.05) is 24.7 Å². The first-order valence-corrected chi connectivity index (χ1v) is 8.67. The van der Waals surface area contributed by atoms with Gasteiger partial charge in [-0.2, -0.15) is 0 Å². The topological polar surface area (TPSA) is 33.2 Å². The maximum Gasteiger partial charge on any atom is 0.255 e. The van der Waals surface area contributed by atoms with Crippen LogP contribution in [-0.2, 0) is 19.4 Å². The van der Waals surface area contributed by atoms with Crippen LogP contribution in [0.3, 0.4) is 0 Å². The fourth-order valence-corrected chi connectivity index (χ4v) is 4.40. The normalized spacial score (nSPS) is 14.1. The number of aryl methyl sites for hydroxylation is 2. The number of amides is 1. The molecule has 2 heterocycles. The summed E-state index contributed by atoms with van der Waals surface area (Å²) >= 11 is 3.38. The molecule has 0 saturated carbocycles. The molecule has 0 saturated heterocycles. The molecule has 0 fully saturated rings. The number of carbonyl (C=O) groups excluding carboxylic acids is 1. The molecule has 0 aromatic carbocycles. The van der Waals surface area contributed by atoms with Crippen molar-refractivity contribution >= 4 is 28.6 Å². The maximum absolute atomic E-state index is 12.6. The van der Waals surface area contributed by atoms with Gasteiger partial charge < -0.3 is 4.90 Å². The van der Waals surface area contributed by atoms with Crippen molar-refractivity contribution in [3.05, 3.63) is 37.5 Å². The Bertz CT molecular complexity index is 630. The van der Waals surface area contributed by atoms with Crippen LogP contribution in [0.2, 0.25) is 0 Å². The van der Waals surface area contributed by atoms with Gasteiger partial charge in [0.1, 0.15) is 0 Å². The van der Waals surface area contributed by atoms with E-state index in [1.54, 1.807) is 27.6 Å². The number of rotatable bonds is 3. The third-order valence-corrected chi connectivity index (χ3v) is 5.62. The van der Waals surface area contributed by atoms with Crippen molar-refractivity contribution in [3.63, 3.8) is 0 Å². The van der Waals surface area contributed by atoms with Gasteiger partial charge in [-0.15, -0.1) is 22.7 Å². The number of hydrogen-bond donors (Lipinski definition) is 0. The number of nitrogens with zero attached hydrogens (tertiary/aromatic N) is 2. The second-order valence-corrected chi connectivity index (χ2v) is 7.30. The van der Waals surface area contributed by atoms with Gasteiger partial charge in [-0.25, -0.2) is 4.98 Å². The first kappa shape index (κ1) is 13.8. The van der Waals surface area contributed by atoms with Crippen LogP contribution < -0.4 is 0 Å². The molecule has 0 spiro atoms. The van der Waals surface area contributed by atoms with E-state index in [0.717, 1.165) is 29.1 Å². The number of thiazole rings is 1. The minimum absolute atomic E-state index is 0.134. The fourth-order valence-electron chi connectivity index (χ4n) is 2.67. The number of hydrogen-bond acceptors (Lipinski definition) is 4. The first-order chi connectivity index (χ1) is 9.65.